The molecular formula is C32H38N2O5. The van der Waals surface area contributed by atoms with Gasteiger partial charge in [0.2, 0.25) is 0 Å². The lowest BCUT2D eigenvalue weighted by Gasteiger charge is -2.37. The van der Waals surface area contributed by atoms with Crippen LogP contribution in [-0.2, 0) is 29.1 Å². The Morgan fingerprint density at radius 3 is 2.64 bits per heavy atom. The van der Waals surface area contributed by atoms with E-state index in [1.165, 1.54) is 21.7 Å². The number of piperidine rings is 1. The molecule has 1 saturated heterocycles. The summed E-state index contributed by atoms with van der Waals surface area (Å²) in [6.07, 6.45) is 2.69. The Morgan fingerprint density at radius 2 is 1.82 bits per heavy atom. The number of benzene rings is 3. The first kappa shape index (κ1) is 27.0. The second-order valence-electron chi connectivity index (χ2n) is 10.3. The molecule has 2 unspecified atom stereocenters. The molecule has 2 heterocycles. The lowest BCUT2D eigenvalue weighted by atomic mass is 9.87. The van der Waals surface area contributed by atoms with E-state index in [0.717, 1.165) is 49.1 Å². The maximum absolute atomic E-state index is 11.7. The highest BCUT2D eigenvalue weighted by molar-refractivity contribution is 5.65. The lowest BCUT2D eigenvalue weighted by molar-refractivity contribution is -0.0199. The van der Waals surface area contributed by atoms with Crippen molar-refractivity contribution in [2.45, 2.75) is 50.9 Å². The fourth-order valence-electron chi connectivity index (χ4n) is 5.37. The molecule has 0 spiro atoms. The molecule has 5 rings (SSSR count). The predicted octanol–water partition coefficient (Wildman–Crippen LogP) is 6.08. The molecule has 0 aromatic heterocycles. The normalized spacial score (nSPS) is 18.7. The monoisotopic (exact) mass is 530 g/mol. The van der Waals surface area contributed by atoms with Crippen LogP contribution >= 0.6 is 0 Å². The van der Waals surface area contributed by atoms with Crippen LogP contribution in [0.4, 0.5) is 10.5 Å². The number of hydrogen-bond donors (Lipinski definition) is 2. The topological polar surface area (TPSA) is 80.3 Å². The van der Waals surface area contributed by atoms with Gasteiger partial charge in [-0.15, -0.1) is 0 Å². The van der Waals surface area contributed by atoms with Crippen LogP contribution in [0.1, 0.15) is 47.4 Å². The number of amides is 1. The van der Waals surface area contributed by atoms with Gasteiger partial charge in [-0.05, 0) is 59.7 Å². The maximum atomic E-state index is 11.7. The molecule has 2 atom stereocenters. The predicted molar refractivity (Wildman–Crippen MR) is 151 cm³/mol. The average Bonchev–Trinajstić information content (AvgIpc) is 2.98. The molecule has 3 aromatic carbocycles. The molecular weight excluding hydrogens is 492 g/mol. The summed E-state index contributed by atoms with van der Waals surface area (Å²) in [6.45, 7) is 4.17. The number of nitrogens with one attached hydrogen (secondary N) is 1. The van der Waals surface area contributed by atoms with E-state index in [9.17, 15) is 9.90 Å². The van der Waals surface area contributed by atoms with E-state index < -0.39 is 6.09 Å². The van der Waals surface area contributed by atoms with Crippen LogP contribution in [0.5, 0.6) is 5.75 Å². The van der Waals surface area contributed by atoms with Gasteiger partial charge in [-0.3, -0.25) is 0 Å². The van der Waals surface area contributed by atoms with Gasteiger partial charge in [0.05, 0.1) is 39.1 Å². The number of ether oxygens (including phenoxy) is 3. The van der Waals surface area contributed by atoms with E-state index in [2.05, 4.69) is 47.8 Å². The molecule has 0 bridgehead atoms. The third-order valence-corrected chi connectivity index (χ3v) is 7.53. The largest absolute Gasteiger partial charge is 0.494 e. The molecule has 2 N–H and O–H groups in total. The molecule has 0 aliphatic carbocycles. The Kier molecular flexibility index (Phi) is 9.35. The van der Waals surface area contributed by atoms with Crippen LogP contribution in [0.2, 0.25) is 0 Å². The Balaban J connectivity index is 1.13. The average molecular weight is 531 g/mol. The molecule has 0 radical (unpaired) electrons. The molecule has 3 aromatic rings. The van der Waals surface area contributed by atoms with Gasteiger partial charge in [0.25, 0.3) is 0 Å². The lowest BCUT2D eigenvalue weighted by Crippen LogP contribution is -2.46. The van der Waals surface area contributed by atoms with E-state index in [1.54, 1.807) is 0 Å². The number of anilines is 1. The number of hydrogen-bond acceptors (Lipinski definition) is 5. The summed E-state index contributed by atoms with van der Waals surface area (Å²) in [6, 6.07) is 24.8. The van der Waals surface area contributed by atoms with Crippen molar-refractivity contribution in [3.8, 4) is 5.75 Å². The summed E-state index contributed by atoms with van der Waals surface area (Å²) in [5.74, 6) is 0.945. The van der Waals surface area contributed by atoms with Gasteiger partial charge in [0.15, 0.2) is 0 Å². The minimum absolute atomic E-state index is 0.122. The van der Waals surface area contributed by atoms with Crippen molar-refractivity contribution in [3.05, 3.63) is 95.1 Å². The van der Waals surface area contributed by atoms with Crippen LogP contribution in [0.25, 0.3) is 0 Å². The highest BCUT2D eigenvalue weighted by atomic mass is 16.5. The molecule has 0 saturated carbocycles. The third-order valence-electron chi connectivity index (χ3n) is 7.53. The van der Waals surface area contributed by atoms with E-state index in [4.69, 9.17) is 14.2 Å². The van der Waals surface area contributed by atoms with Crippen molar-refractivity contribution in [3.63, 3.8) is 0 Å². The van der Waals surface area contributed by atoms with Crippen molar-refractivity contribution < 1.29 is 24.1 Å². The van der Waals surface area contributed by atoms with Crippen LogP contribution in [0.3, 0.4) is 0 Å². The van der Waals surface area contributed by atoms with Crippen molar-refractivity contribution in [1.29, 1.82) is 0 Å². The Hall–Kier alpha value is -3.55. The zero-order chi connectivity index (χ0) is 26.9. The SMILES string of the molecule is O=C(O)N1CCC(c2ccc(OCCCOCc3ccccc3)cc2)C(OCc2ccc3c(c2)NCCC3)C1. The van der Waals surface area contributed by atoms with Crippen LogP contribution in [-0.4, -0.2) is 55.1 Å². The zero-order valence-electron chi connectivity index (χ0n) is 22.4. The van der Waals surface area contributed by atoms with Crippen molar-refractivity contribution >= 4 is 11.8 Å². The van der Waals surface area contributed by atoms with Gasteiger partial charge < -0.3 is 29.5 Å². The van der Waals surface area contributed by atoms with E-state index >= 15 is 0 Å². The van der Waals surface area contributed by atoms with Crippen molar-refractivity contribution in [2.75, 3.05) is 38.2 Å². The minimum Gasteiger partial charge on any atom is -0.494 e. The highest BCUT2D eigenvalue weighted by Crippen LogP contribution is 2.33. The van der Waals surface area contributed by atoms with Crippen molar-refractivity contribution in [1.82, 2.24) is 4.90 Å². The number of likely N-dealkylation sites (tertiary alicyclic amines) is 1. The first-order valence-corrected chi connectivity index (χ1v) is 14.0. The van der Waals surface area contributed by atoms with Gasteiger partial charge in [-0.2, -0.15) is 0 Å². The zero-order valence-corrected chi connectivity index (χ0v) is 22.4. The highest BCUT2D eigenvalue weighted by Gasteiger charge is 2.33. The van der Waals surface area contributed by atoms with Crippen molar-refractivity contribution in [2.24, 2.45) is 0 Å². The van der Waals surface area contributed by atoms with Crippen LogP contribution < -0.4 is 10.1 Å². The summed E-state index contributed by atoms with van der Waals surface area (Å²) in [5.41, 5.74) is 5.96. The van der Waals surface area contributed by atoms with E-state index in [-0.39, 0.29) is 12.0 Å². The molecule has 7 nitrogen and oxygen atoms in total. The molecule has 39 heavy (non-hydrogen) atoms. The summed E-state index contributed by atoms with van der Waals surface area (Å²) in [5, 5.41) is 13.1. The van der Waals surface area contributed by atoms with Gasteiger partial charge in [-0.25, -0.2) is 4.79 Å². The molecule has 7 heteroatoms. The molecule has 1 amide bonds. The Bertz CT molecular complexity index is 1200. The quantitative estimate of drug-likeness (QED) is 0.292. The van der Waals surface area contributed by atoms with E-state index in [0.29, 0.717) is 39.5 Å². The standard InChI is InChI=1S/C32H38N2O5/c35-32(36)34-17-15-29(31(21-34)39-23-25-9-10-27-8-4-16-33-30(27)20-25)26-11-13-28(14-12-26)38-19-5-18-37-22-24-6-2-1-3-7-24/h1-3,6-7,9-14,20,29,31,33H,4-5,8,15-19,21-23H2,(H,35,36). The fraction of sp³-hybridized carbons (Fsp3) is 0.406. The van der Waals surface area contributed by atoms with Gasteiger partial charge in [0, 0.05) is 31.1 Å². The number of fused-ring (bicyclic) bond motifs is 1. The summed E-state index contributed by atoms with van der Waals surface area (Å²) in [7, 11) is 0. The third kappa shape index (κ3) is 7.52. The summed E-state index contributed by atoms with van der Waals surface area (Å²) in [4.78, 5) is 13.2. The number of aryl methyl sites for hydroxylation is 1. The Labute approximate surface area is 230 Å². The first-order valence-electron chi connectivity index (χ1n) is 14.0. The second-order valence-corrected chi connectivity index (χ2v) is 10.3. The minimum atomic E-state index is -0.892. The number of nitrogens with zero attached hydrogens (tertiary/aromatic N) is 1. The molecule has 206 valence electrons. The number of rotatable bonds is 11. The number of carbonyl (C=O) groups is 1. The van der Waals surface area contributed by atoms with E-state index in [1.807, 2.05) is 30.3 Å². The summed E-state index contributed by atoms with van der Waals surface area (Å²) < 4.78 is 18.1. The first-order chi connectivity index (χ1) is 19.2. The Morgan fingerprint density at radius 1 is 0.974 bits per heavy atom. The van der Waals surface area contributed by atoms with Gasteiger partial charge in [-0.1, -0.05) is 54.6 Å². The summed E-state index contributed by atoms with van der Waals surface area (Å²) >= 11 is 0. The molecule has 2 aliphatic heterocycles. The molecule has 1 fully saturated rings. The van der Waals surface area contributed by atoms with Crippen LogP contribution in [0.15, 0.2) is 72.8 Å². The molecule has 2 aliphatic rings. The fourth-order valence-corrected chi connectivity index (χ4v) is 5.37. The maximum Gasteiger partial charge on any atom is 0.407 e. The number of carboxylic acid groups (broad SMARTS) is 1. The smallest absolute Gasteiger partial charge is 0.407 e. The van der Waals surface area contributed by atoms with Crippen LogP contribution in [0, 0.1) is 0 Å². The van der Waals surface area contributed by atoms with Gasteiger partial charge >= 0.3 is 6.09 Å². The second kappa shape index (κ2) is 13.5. The van der Waals surface area contributed by atoms with Gasteiger partial charge in [0.1, 0.15) is 5.75 Å².